The Morgan fingerprint density at radius 3 is 2.48 bits per heavy atom. The number of rotatable bonds is 8. The number of hydrogen-bond acceptors (Lipinski definition) is 5. The van der Waals surface area contributed by atoms with E-state index in [1.165, 1.54) is 0 Å². The van der Waals surface area contributed by atoms with Gasteiger partial charge in [0.2, 0.25) is 23.3 Å². The summed E-state index contributed by atoms with van der Waals surface area (Å²) >= 11 is 0. The fourth-order valence-electron chi connectivity index (χ4n) is 4.10. The molecular formula is C27H31NO5. The normalized spacial score (nSPS) is 15.9. The predicted molar refractivity (Wildman–Crippen MR) is 128 cm³/mol. The molecule has 0 bridgehead atoms. The predicted octanol–water partition coefficient (Wildman–Crippen LogP) is 4.61. The van der Waals surface area contributed by atoms with Gasteiger partial charge in [-0.15, -0.1) is 0 Å². The van der Waals surface area contributed by atoms with Crippen LogP contribution in [0.3, 0.4) is 0 Å². The minimum Gasteiger partial charge on any atom is -0.480 e. The van der Waals surface area contributed by atoms with E-state index in [4.69, 9.17) is 14.2 Å². The van der Waals surface area contributed by atoms with E-state index >= 15 is 0 Å². The SMILES string of the molecule is Cc1ccc(-c2c(C)c(=O)c(OCc3ccccc3)c(OC3CCCCO3)n2CCO)cc1. The summed E-state index contributed by atoms with van der Waals surface area (Å²) < 4.78 is 20.0. The molecule has 1 N–H and O–H groups in total. The summed E-state index contributed by atoms with van der Waals surface area (Å²) in [6.07, 6.45) is 2.25. The van der Waals surface area contributed by atoms with Gasteiger partial charge in [0.1, 0.15) is 6.61 Å². The summed E-state index contributed by atoms with van der Waals surface area (Å²) in [5, 5.41) is 9.90. The fourth-order valence-corrected chi connectivity index (χ4v) is 4.10. The molecule has 1 aromatic heterocycles. The van der Waals surface area contributed by atoms with Crippen LogP contribution in [-0.4, -0.2) is 29.2 Å². The minimum absolute atomic E-state index is 0.110. The number of ether oxygens (including phenoxy) is 3. The highest BCUT2D eigenvalue weighted by molar-refractivity contribution is 5.66. The van der Waals surface area contributed by atoms with Crippen LogP contribution >= 0.6 is 0 Å². The van der Waals surface area contributed by atoms with Crippen LogP contribution in [0.4, 0.5) is 0 Å². The van der Waals surface area contributed by atoms with Gasteiger partial charge in [0.15, 0.2) is 0 Å². The van der Waals surface area contributed by atoms with Crippen LogP contribution in [0.25, 0.3) is 11.3 Å². The smallest absolute Gasteiger partial charge is 0.244 e. The lowest BCUT2D eigenvalue weighted by Gasteiger charge is -2.28. The van der Waals surface area contributed by atoms with Crippen molar-refractivity contribution >= 4 is 0 Å². The fraction of sp³-hybridized carbons (Fsp3) is 0.370. The first-order valence-corrected chi connectivity index (χ1v) is 11.5. The van der Waals surface area contributed by atoms with E-state index in [9.17, 15) is 9.90 Å². The Labute approximate surface area is 194 Å². The molecule has 1 aliphatic rings. The number of aromatic nitrogens is 1. The van der Waals surface area contributed by atoms with Crippen molar-refractivity contribution in [1.29, 1.82) is 0 Å². The number of aryl methyl sites for hydroxylation is 1. The van der Waals surface area contributed by atoms with Gasteiger partial charge in [-0.2, -0.15) is 0 Å². The largest absolute Gasteiger partial charge is 0.480 e. The summed E-state index contributed by atoms with van der Waals surface area (Å²) in [4.78, 5) is 13.5. The first-order chi connectivity index (χ1) is 16.1. The van der Waals surface area contributed by atoms with Gasteiger partial charge in [-0.1, -0.05) is 60.2 Å². The van der Waals surface area contributed by atoms with E-state index in [1.54, 1.807) is 6.92 Å². The van der Waals surface area contributed by atoms with Crippen LogP contribution in [0.5, 0.6) is 11.6 Å². The maximum atomic E-state index is 13.5. The summed E-state index contributed by atoms with van der Waals surface area (Å²) in [6.45, 7) is 4.82. The van der Waals surface area contributed by atoms with E-state index in [-0.39, 0.29) is 30.9 Å². The molecule has 1 unspecified atom stereocenters. The topological polar surface area (TPSA) is 69.9 Å². The number of aliphatic hydroxyl groups excluding tert-OH is 1. The van der Waals surface area contributed by atoms with Crippen LogP contribution in [-0.2, 0) is 17.9 Å². The van der Waals surface area contributed by atoms with E-state index < -0.39 is 6.29 Å². The zero-order valence-corrected chi connectivity index (χ0v) is 19.3. The molecule has 0 amide bonds. The zero-order chi connectivity index (χ0) is 23.2. The highest BCUT2D eigenvalue weighted by atomic mass is 16.7. The molecule has 4 rings (SSSR count). The van der Waals surface area contributed by atoms with Gasteiger partial charge < -0.3 is 23.9 Å². The van der Waals surface area contributed by atoms with E-state index in [1.807, 2.05) is 66.1 Å². The second-order valence-electron chi connectivity index (χ2n) is 8.37. The van der Waals surface area contributed by atoms with E-state index in [0.717, 1.165) is 36.0 Å². The summed E-state index contributed by atoms with van der Waals surface area (Å²) in [6, 6.07) is 17.7. The van der Waals surface area contributed by atoms with Crippen molar-refractivity contribution in [2.75, 3.05) is 13.2 Å². The molecule has 0 aliphatic carbocycles. The number of pyridine rings is 1. The third-order valence-electron chi connectivity index (χ3n) is 5.87. The van der Waals surface area contributed by atoms with Crippen LogP contribution in [0, 0.1) is 13.8 Å². The number of hydrogen-bond donors (Lipinski definition) is 1. The second-order valence-corrected chi connectivity index (χ2v) is 8.37. The lowest BCUT2D eigenvalue weighted by molar-refractivity contribution is -0.110. The summed E-state index contributed by atoms with van der Waals surface area (Å²) in [7, 11) is 0. The van der Waals surface area contributed by atoms with E-state index in [2.05, 4.69) is 0 Å². The van der Waals surface area contributed by atoms with Gasteiger partial charge in [0.25, 0.3) is 0 Å². The average Bonchev–Trinajstić information content (AvgIpc) is 2.84. The number of aliphatic hydroxyl groups is 1. The molecule has 1 aliphatic heterocycles. The molecule has 3 aromatic rings. The van der Waals surface area contributed by atoms with Gasteiger partial charge in [-0.05, 0) is 37.8 Å². The Morgan fingerprint density at radius 2 is 1.82 bits per heavy atom. The van der Waals surface area contributed by atoms with Crippen LogP contribution < -0.4 is 14.9 Å². The summed E-state index contributed by atoms with van der Waals surface area (Å²) in [5.41, 5.74) is 4.00. The lowest BCUT2D eigenvalue weighted by atomic mass is 10.0. The van der Waals surface area contributed by atoms with Crippen molar-refractivity contribution in [1.82, 2.24) is 4.57 Å². The van der Waals surface area contributed by atoms with Crippen molar-refractivity contribution in [3.8, 4) is 22.9 Å². The van der Waals surface area contributed by atoms with Crippen molar-refractivity contribution in [3.63, 3.8) is 0 Å². The molecule has 174 valence electrons. The number of benzene rings is 2. The molecule has 1 fully saturated rings. The lowest BCUT2D eigenvalue weighted by Crippen LogP contribution is -2.29. The Bertz CT molecular complexity index is 1120. The van der Waals surface area contributed by atoms with Gasteiger partial charge in [0.05, 0.1) is 18.9 Å². The Hall–Kier alpha value is -3.09. The van der Waals surface area contributed by atoms with Crippen LogP contribution in [0.1, 0.15) is 36.0 Å². The second kappa shape index (κ2) is 10.7. The van der Waals surface area contributed by atoms with Gasteiger partial charge in [-0.3, -0.25) is 4.79 Å². The van der Waals surface area contributed by atoms with Gasteiger partial charge in [0, 0.05) is 18.5 Å². The molecule has 6 nitrogen and oxygen atoms in total. The molecule has 0 radical (unpaired) electrons. The van der Waals surface area contributed by atoms with Gasteiger partial charge >= 0.3 is 0 Å². The molecule has 2 aromatic carbocycles. The minimum atomic E-state index is -0.462. The number of nitrogens with zero attached hydrogens (tertiary/aromatic N) is 1. The Kier molecular flexibility index (Phi) is 7.47. The standard InChI is InChI=1S/C27H31NO5/c1-19-11-13-22(14-12-19)24-20(2)25(30)26(32-18-21-8-4-3-5-9-21)27(28(24)15-16-29)33-23-10-6-7-17-31-23/h3-5,8-9,11-14,23,29H,6-7,10,15-18H2,1-2H3. The van der Waals surface area contributed by atoms with Crippen molar-refractivity contribution in [2.45, 2.75) is 52.6 Å². The third kappa shape index (κ3) is 5.29. The molecule has 1 saturated heterocycles. The van der Waals surface area contributed by atoms with Crippen molar-refractivity contribution < 1.29 is 19.3 Å². The Morgan fingerprint density at radius 1 is 1.06 bits per heavy atom. The Balaban J connectivity index is 1.84. The van der Waals surface area contributed by atoms with E-state index in [0.29, 0.717) is 23.7 Å². The zero-order valence-electron chi connectivity index (χ0n) is 19.3. The molecule has 1 atom stereocenters. The molecule has 33 heavy (non-hydrogen) atoms. The monoisotopic (exact) mass is 449 g/mol. The van der Waals surface area contributed by atoms with Crippen LogP contribution in [0.2, 0.25) is 0 Å². The molecule has 0 saturated carbocycles. The van der Waals surface area contributed by atoms with Crippen molar-refractivity contribution in [2.24, 2.45) is 0 Å². The molecule has 2 heterocycles. The third-order valence-corrected chi connectivity index (χ3v) is 5.87. The maximum absolute atomic E-state index is 13.5. The first-order valence-electron chi connectivity index (χ1n) is 11.5. The van der Waals surface area contributed by atoms with Gasteiger partial charge in [-0.25, -0.2) is 0 Å². The van der Waals surface area contributed by atoms with Crippen LogP contribution in [0.15, 0.2) is 59.4 Å². The summed E-state index contributed by atoms with van der Waals surface area (Å²) in [5.74, 6) is 0.452. The quantitative estimate of drug-likeness (QED) is 0.544. The van der Waals surface area contributed by atoms with Crippen molar-refractivity contribution in [3.05, 3.63) is 81.5 Å². The molecule has 0 spiro atoms. The molecular weight excluding hydrogens is 418 g/mol. The maximum Gasteiger partial charge on any atom is 0.244 e. The first kappa shape index (κ1) is 23.1. The highest BCUT2D eigenvalue weighted by Crippen LogP contribution is 2.35. The average molecular weight is 450 g/mol. The highest BCUT2D eigenvalue weighted by Gasteiger charge is 2.26. The molecule has 6 heteroatoms.